The molecule has 0 aromatic heterocycles. The van der Waals surface area contributed by atoms with Crippen molar-refractivity contribution in [1.29, 1.82) is 0 Å². The van der Waals surface area contributed by atoms with E-state index in [1.54, 1.807) is 24.3 Å². The Balaban J connectivity index is 1.56. The van der Waals surface area contributed by atoms with Crippen molar-refractivity contribution in [2.75, 3.05) is 6.54 Å². The van der Waals surface area contributed by atoms with Crippen LogP contribution in [0.5, 0.6) is 0 Å². The van der Waals surface area contributed by atoms with Gasteiger partial charge in [0.25, 0.3) is 5.91 Å². The molecule has 0 atom stereocenters. The molecule has 3 aromatic carbocycles. The second-order valence-corrected chi connectivity index (χ2v) is 7.57. The summed E-state index contributed by atoms with van der Waals surface area (Å²) < 4.78 is 0. The molecule has 6 heteroatoms. The zero-order valence-electron chi connectivity index (χ0n) is 17.2. The van der Waals surface area contributed by atoms with Crippen molar-refractivity contribution in [2.24, 2.45) is 0 Å². The first-order chi connectivity index (χ1) is 15.0. The molecule has 156 valence electrons. The molecule has 1 aliphatic heterocycles. The Morgan fingerprint density at radius 1 is 0.871 bits per heavy atom. The van der Waals surface area contributed by atoms with Crippen LogP contribution in [0.1, 0.15) is 22.3 Å². The van der Waals surface area contributed by atoms with E-state index in [1.165, 1.54) is 0 Å². The van der Waals surface area contributed by atoms with E-state index in [0.29, 0.717) is 17.7 Å². The molecule has 6 nitrogen and oxygen atoms in total. The lowest BCUT2D eigenvalue weighted by Crippen LogP contribution is -2.46. The molecule has 3 aromatic rings. The highest BCUT2D eigenvalue weighted by atomic mass is 16.2. The number of hydrogen-bond acceptors (Lipinski definition) is 3. The Bertz CT molecular complexity index is 1060. The largest absolute Gasteiger partial charge is 0.350 e. The van der Waals surface area contributed by atoms with Crippen molar-refractivity contribution >= 4 is 17.8 Å². The zero-order valence-corrected chi connectivity index (χ0v) is 17.2. The van der Waals surface area contributed by atoms with Crippen molar-refractivity contribution in [3.8, 4) is 0 Å². The predicted molar refractivity (Wildman–Crippen MR) is 117 cm³/mol. The van der Waals surface area contributed by atoms with Crippen LogP contribution >= 0.6 is 0 Å². The number of carbonyl (C=O) groups excluding carboxylic acids is 3. The van der Waals surface area contributed by atoms with E-state index in [2.05, 4.69) is 10.6 Å². The molecule has 0 saturated carbocycles. The van der Waals surface area contributed by atoms with E-state index in [-0.39, 0.29) is 6.54 Å². The van der Waals surface area contributed by atoms with Gasteiger partial charge < -0.3 is 10.6 Å². The number of hydrogen-bond donors (Lipinski definition) is 2. The molecule has 4 amide bonds. The fraction of sp³-hybridized carbons (Fsp3) is 0.160. The third kappa shape index (κ3) is 3.92. The van der Waals surface area contributed by atoms with E-state index >= 15 is 0 Å². The molecule has 1 saturated heterocycles. The van der Waals surface area contributed by atoms with Crippen LogP contribution < -0.4 is 10.6 Å². The monoisotopic (exact) mass is 413 g/mol. The third-order valence-corrected chi connectivity index (χ3v) is 5.43. The summed E-state index contributed by atoms with van der Waals surface area (Å²) in [6, 6.07) is 25.3. The number of aryl methyl sites for hydroxylation is 1. The number of nitrogens with one attached hydrogen (secondary N) is 2. The van der Waals surface area contributed by atoms with Crippen LogP contribution in [0, 0.1) is 6.92 Å². The van der Waals surface area contributed by atoms with E-state index in [4.69, 9.17) is 0 Å². The number of rotatable bonds is 6. The fourth-order valence-electron chi connectivity index (χ4n) is 3.76. The van der Waals surface area contributed by atoms with E-state index < -0.39 is 23.4 Å². The molecule has 0 aliphatic carbocycles. The fourth-order valence-corrected chi connectivity index (χ4v) is 3.76. The molecule has 1 heterocycles. The molecule has 2 N–H and O–H groups in total. The van der Waals surface area contributed by atoms with Crippen LogP contribution in [0.15, 0.2) is 84.9 Å². The highest BCUT2D eigenvalue weighted by Crippen LogP contribution is 2.35. The van der Waals surface area contributed by atoms with Gasteiger partial charge in [0.05, 0.1) is 0 Å². The molecule has 31 heavy (non-hydrogen) atoms. The van der Waals surface area contributed by atoms with Gasteiger partial charge >= 0.3 is 6.03 Å². The van der Waals surface area contributed by atoms with Gasteiger partial charge in [0.1, 0.15) is 6.54 Å². The van der Waals surface area contributed by atoms with E-state index in [9.17, 15) is 14.4 Å². The normalized spacial score (nSPS) is 14.9. The van der Waals surface area contributed by atoms with Gasteiger partial charge in [-0.1, -0.05) is 90.5 Å². The molecule has 1 fully saturated rings. The first-order valence-electron chi connectivity index (χ1n) is 10.1. The smallest absolute Gasteiger partial charge is 0.326 e. The molecular formula is C25H23N3O3. The maximum atomic E-state index is 13.5. The highest BCUT2D eigenvalue weighted by Gasteiger charge is 2.53. The molecule has 0 spiro atoms. The lowest BCUT2D eigenvalue weighted by molar-refractivity contribution is -0.134. The number of nitrogens with zero attached hydrogens (tertiary/aromatic N) is 1. The minimum Gasteiger partial charge on any atom is -0.350 e. The standard InChI is InChI=1S/C25H23N3O3/c1-18-12-14-19(15-13-18)16-26-22(29)17-28-23(30)25(27-24(28)31,20-8-4-2-5-9-20)21-10-6-3-7-11-21/h2-15H,16-17H2,1H3,(H,26,29)(H,27,31). The summed E-state index contributed by atoms with van der Waals surface area (Å²) in [7, 11) is 0. The third-order valence-electron chi connectivity index (χ3n) is 5.43. The Kier molecular flexibility index (Phi) is 5.54. The molecule has 0 unspecified atom stereocenters. The topological polar surface area (TPSA) is 78.5 Å². The summed E-state index contributed by atoms with van der Waals surface area (Å²) in [6.07, 6.45) is 0. The van der Waals surface area contributed by atoms with Crippen molar-refractivity contribution in [1.82, 2.24) is 15.5 Å². The van der Waals surface area contributed by atoms with Crippen molar-refractivity contribution < 1.29 is 14.4 Å². The maximum Gasteiger partial charge on any atom is 0.326 e. The minimum absolute atomic E-state index is 0.325. The summed E-state index contributed by atoms with van der Waals surface area (Å²) in [6.45, 7) is 1.97. The summed E-state index contributed by atoms with van der Waals surface area (Å²) in [4.78, 5) is 39.9. The van der Waals surface area contributed by atoms with Crippen LogP contribution in [0.4, 0.5) is 4.79 Å². The number of imide groups is 1. The lowest BCUT2D eigenvalue weighted by atomic mass is 9.82. The van der Waals surface area contributed by atoms with Crippen molar-refractivity contribution in [2.45, 2.75) is 19.0 Å². The van der Waals surface area contributed by atoms with E-state index in [0.717, 1.165) is 16.0 Å². The molecule has 0 radical (unpaired) electrons. The van der Waals surface area contributed by atoms with Crippen molar-refractivity contribution in [3.05, 3.63) is 107 Å². The Morgan fingerprint density at radius 3 is 1.97 bits per heavy atom. The average Bonchev–Trinajstić information content (AvgIpc) is 3.05. The van der Waals surface area contributed by atoms with Gasteiger partial charge in [-0.3, -0.25) is 14.5 Å². The first-order valence-corrected chi connectivity index (χ1v) is 10.1. The van der Waals surface area contributed by atoms with Crippen LogP contribution in [0.25, 0.3) is 0 Å². The zero-order chi connectivity index (χ0) is 21.8. The lowest BCUT2D eigenvalue weighted by Gasteiger charge is -2.28. The number of carbonyl (C=O) groups is 3. The molecule has 0 bridgehead atoms. The van der Waals surface area contributed by atoms with Gasteiger partial charge in [-0.05, 0) is 23.6 Å². The summed E-state index contributed by atoms with van der Waals surface area (Å²) in [5, 5.41) is 5.62. The average molecular weight is 413 g/mol. The van der Waals surface area contributed by atoms with Crippen LogP contribution in [-0.4, -0.2) is 29.3 Å². The summed E-state index contributed by atoms with van der Waals surface area (Å²) >= 11 is 0. The van der Waals surface area contributed by atoms with Crippen LogP contribution in [-0.2, 0) is 21.7 Å². The second-order valence-electron chi connectivity index (χ2n) is 7.57. The Labute approximate surface area is 180 Å². The van der Waals surface area contributed by atoms with Gasteiger partial charge in [0, 0.05) is 6.54 Å². The number of urea groups is 1. The SMILES string of the molecule is Cc1ccc(CNC(=O)CN2C(=O)NC(c3ccccc3)(c3ccccc3)C2=O)cc1. The van der Waals surface area contributed by atoms with Gasteiger partial charge in [-0.2, -0.15) is 0 Å². The van der Waals surface area contributed by atoms with Gasteiger partial charge in [-0.15, -0.1) is 0 Å². The molecule has 4 rings (SSSR count). The number of amides is 4. The number of benzene rings is 3. The maximum absolute atomic E-state index is 13.5. The second kappa shape index (κ2) is 8.44. The summed E-state index contributed by atoms with van der Waals surface area (Å²) in [5.74, 6) is -0.874. The van der Waals surface area contributed by atoms with E-state index in [1.807, 2.05) is 67.6 Å². The predicted octanol–water partition coefficient (Wildman–Crippen LogP) is 3.11. The van der Waals surface area contributed by atoms with Crippen LogP contribution in [0.3, 0.4) is 0 Å². The van der Waals surface area contributed by atoms with Crippen molar-refractivity contribution in [3.63, 3.8) is 0 Å². The Morgan fingerprint density at radius 2 is 1.42 bits per heavy atom. The highest BCUT2D eigenvalue weighted by molar-refractivity contribution is 6.11. The molecular weight excluding hydrogens is 390 g/mol. The van der Waals surface area contributed by atoms with Crippen LogP contribution in [0.2, 0.25) is 0 Å². The van der Waals surface area contributed by atoms with Gasteiger partial charge in [0.15, 0.2) is 5.54 Å². The minimum atomic E-state index is -1.36. The van der Waals surface area contributed by atoms with Gasteiger partial charge in [0.2, 0.25) is 5.91 Å². The van der Waals surface area contributed by atoms with Gasteiger partial charge in [-0.25, -0.2) is 4.79 Å². The Hall–Kier alpha value is -3.93. The quantitative estimate of drug-likeness (QED) is 0.610. The molecule has 1 aliphatic rings. The first kappa shape index (κ1) is 20.3. The summed E-state index contributed by atoms with van der Waals surface area (Å²) in [5.41, 5.74) is 1.99.